The van der Waals surface area contributed by atoms with Gasteiger partial charge in [-0.05, 0) is 23.6 Å². The maximum Gasteiger partial charge on any atom is 0.227 e. The topological polar surface area (TPSA) is 56.3 Å². The predicted molar refractivity (Wildman–Crippen MR) is 102 cm³/mol. The molecule has 2 aliphatic heterocycles. The molecule has 1 aromatic carbocycles. The Hall–Kier alpha value is -1.63. The van der Waals surface area contributed by atoms with Crippen LogP contribution in [-0.2, 0) is 16.0 Å². The Morgan fingerprint density at radius 3 is 2.42 bits per heavy atom. The maximum atomic E-state index is 12.7. The van der Waals surface area contributed by atoms with Crippen LogP contribution in [-0.4, -0.2) is 87.5 Å². The van der Waals surface area contributed by atoms with E-state index in [-0.39, 0.29) is 18.4 Å². The first-order valence-corrected chi connectivity index (χ1v) is 9.52. The average Bonchev–Trinajstić information content (AvgIpc) is 3.06. The van der Waals surface area contributed by atoms with Gasteiger partial charge in [0.25, 0.3) is 0 Å². The Morgan fingerprint density at radius 1 is 1.15 bits per heavy atom. The van der Waals surface area contributed by atoms with E-state index >= 15 is 0 Å². The minimum absolute atomic E-state index is 0.149. The summed E-state index contributed by atoms with van der Waals surface area (Å²) < 4.78 is 5.41. The Kier molecular flexibility index (Phi) is 6.51. The zero-order valence-corrected chi connectivity index (χ0v) is 15.9. The van der Waals surface area contributed by atoms with Crippen molar-refractivity contribution in [3.63, 3.8) is 0 Å². The number of morpholine rings is 1. The molecule has 2 aliphatic rings. The van der Waals surface area contributed by atoms with Crippen molar-refractivity contribution >= 4 is 11.6 Å². The SMILES string of the molecule is CN(C)c1ccc(CC(=O)N2C[C@@H](CN3CCOCC3)[C@@H](CO)C2)cc1. The zero-order chi connectivity index (χ0) is 18.5. The number of likely N-dealkylation sites (tertiary alicyclic amines) is 1. The lowest BCUT2D eigenvalue weighted by Gasteiger charge is -2.30. The first kappa shape index (κ1) is 19.1. The van der Waals surface area contributed by atoms with Gasteiger partial charge in [-0.25, -0.2) is 0 Å². The van der Waals surface area contributed by atoms with Crippen LogP contribution >= 0.6 is 0 Å². The van der Waals surface area contributed by atoms with Gasteiger partial charge in [0.15, 0.2) is 0 Å². The minimum atomic E-state index is 0.149. The molecule has 1 aromatic rings. The Balaban J connectivity index is 1.55. The van der Waals surface area contributed by atoms with Gasteiger partial charge in [0, 0.05) is 65.0 Å². The molecule has 0 unspecified atom stereocenters. The fraction of sp³-hybridized carbons (Fsp3) is 0.650. The molecule has 2 saturated heterocycles. The summed E-state index contributed by atoms with van der Waals surface area (Å²) in [7, 11) is 4.02. The first-order chi connectivity index (χ1) is 12.6. The Labute approximate surface area is 156 Å². The van der Waals surface area contributed by atoms with E-state index in [9.17, 15) is 9.90 Å². The summed E-state index contributed by atoms with van der Waals surface area (Å²) in [6.45, 7) is 5.95. The van der Waals surface area contributed by atoms with Crippen LogP contribution in [0.5, 0.6) is 0 Å². The predicted octanol–water partition coefficient (Wildman–Crippen LogP) is 0.694. The van der Waals surface area contributed by atoms with Gasteiger partial charge in [-0.15, -0.1) is 0 Å². The number of hydrogen-bond donors (Lipinski definition) is 1. The number of amides is 1. The van der Waals surface area contributed by atoms with Gasteiger partial charge >= 0.3 is 0 Å². The third kappa shape index (κ3) is 4.75. The molecule has 0 spiro atoms. The highest BCUT2D eigenvalue weighted by Gasteiger charge is 2.35. The molecule has 1 N–H and O–H groups in total. The van der Waals surface area contributed by atoms with E-state index in [1.54, 1.807) is 0 Å². The molecule has 6 nitrogen and oxygen atoms in total. The highest BCUT2D eigenvalue weighted by Crippen LogP contribution is 2.25. The van der Waals surface area contributed by atoms with Crippen LogP contribution in [0.4, 0.5) is 5.69 Å². The van der Waals surface area contributed by atoms with E-state index in [1.165, 1.54) is 0 Å². The van der Waals surface area contributed by atoms with Crippen molar-refractivity contribution in [1.82, 2.24) is 9.80 Å². The van der Waals surface area contributed by atoms with Gasteiger partial charge in [0.2, 0.25) is 5.91 Å². The molecule has 2 fully saturated rings. The van der Waals surface area contributed by atoms with Crippen LogP contribution in [0.15, 0.2) is 24.3 Å². The lowest BCUT2D eigenvalue weighted by molar-refractivity contribution is -0.129. The Morgan fingerprint density at radius 2 is 1.81 bits per heavy atom. The molecule has 0 saturated carbocycles. The summed E-state index contributed by atoms with van der Waals surface area (Å²) in [5, 5.41) is 9.75. The molecule has 0 radical (unpaired) electrons. The molecule has 1 amide bonds. The van der Waals surface area contributed by atoms with E-state index in [2.05, 4.69) is 4.90 Å². The lowest BCUT2D eigenvalue weighted by Crippen LogP contribution is -2.41. The van der Waals surface area contributed by atoms with Crippen molar-refractivity contribution in [2.45, 2.75) is 6.42 Å². The molecule has 0 aromatic heterocycles. The van der Waals surface area contributed by atoms with Crippen LogP contribution < -0.4 is 4.90 Å². The number of carbonyl (C=O) groups is 1. The van der Waals surface area contributed by atoms with Gasteiger partial charge in [0.05, 0.1) is 19.6 Å². The maximum absolute atomic E-state index is 12.7. The average molecular weight is 361 g/mol. The zero-order valence-electron chi connectivity index (χ0n) is 15.9. The van der Waals surface area contributed by atoms with Crippen molar-refractivity contribution in [2.24, 2.45) is 11.8 Å². The van der Waals surface area contributed by atoms with Crippen LogP contribution in [0.1, 0.15) is 5.56 Å². The smallest absolute Gasteiger partial charge is 0.227 e. The highest BCUT2D eigenvalue weighted by molar-refractivity contribution is 5.79. The quantitative estimate of drug-likeness (QED) is 0.808. The van der Waals surface area contributed by atoms with Gasteiger partial charge in [-0.3, -0.25) is 9.69 Å². The van der Waals surface area contributed by atoms with E-state index < -0.39 is 0 Å². The number of benzene rings is 1. The summed E-state index contributed by atoms with van der Waals surface area (Å²) in [6.07, 6.45) is 0.427. The number of ether oxygens (including phenoxy) is 1. The van der Waals surface area contributed by atoms with Gasteiger partial charge in [-0.2, -0.15) is 0 Å². The van der Waals surface area contributed by atoms with Crippen LogP contribution in [0.2, 0.25) is 0 Å². The van der Waals surface area contributed by atoms with Crippen molar-refractivity contribution in [3.05, 3.63) is 29.8 Å². The molecule has 144 valence electrons. The number of carbonyl (C=O) groups excluding carboxylic acids is 1. The third-order valence-electron chi connectivity index (χ3n) is 5.57. The van der Waals surface area contributed by atoms with Crippen molar-refractivity contribution in [1.29, 1.82) is 0 Å². The Bertz CT molecular complexity index is 584. The number of aliphatic hydroxyl groups is 1. The van der Waals surface area contributed by atoms with Crippen molar-refractivity contribution in [2.75, 3.05) is 71.5 Å². The summed E-state index contributed by atoms with van der Waals surface area (Å²) in [6, 6.07) is 8.14. The van der Waals surface area contributed by atoms with E-state index in [0.717, 1.165) is 50.6 Å². The molecular formula is C20H31N3O3. The standard InChI is InChI=1S/C20H31N3O3/c1-21(2)19-5-3-16(4-6-19)11-20(25)23-13-17(18(14-23)15-24)12-22-7-9-26-10-8-22/h3-6,17-18,24H,7-15H2,1-2H3/t17-,18-/m1/s1. The van der Waals surface area contributed by atoms with Crippen molar-refractivity contribution < 1.29 is 14.6 Å². The van der Waals surface area contributed by atoms with Crippen LogP contribution in [0.25, 0.3) is 0 Å². The monoisotopic (exact) mass is 361 g/mol. The number of aliphatic hydroxyl groups excluding tert-OH is 1. The number of anilines is 1. The second-order valence-electron chi connectivity index (χ2n) is 7.65. The number of hydrogen-bond acceptors (Lipinski definition) is 5. The normalized spacial score (nSPS) is 24.0. The van der Waals surface area contributed by atoms with Crippen LogP contribution in [0.3, 0.4) is 0 Å². The third-order valence-corrected chi connectivity index (χ3v) is 5.57. The summed E-state index contributed by atoms with van der Waals surface area (Å²) in [4.78, 5) is 19.1. The largest absolute Gasteiger partial charge is 0.396 e. The van der Waals surface area contributed by atoms with E-state index in [1.807, 2.05) is 48.2 Å². The van der Waals surface area contributed by atoms with Gasteiger partial charge < -0.3 is 19.6 Å². The van der Waals surface area contributed by atoms with Gasteiger partial charge in [-0.1, -0.05) is 12.1 Å². The van der Waals surface area contributed by atoms with Crippen LogP contribution in [0, 0.1) is 11.8 Å². The fourth-order valence-corrected chi connectivity index (χ4v) is 3.87. The molecule has 2 heterocycles. The van der Waals surface area contributed by atoms with Crippen molar-refractivity contribution in [3.8, 4) is 0 Å². The summed E-state index contributed by atoms with van der Waals surface area (Å²) >= 11 is 0. The summed E-state index contributed by atoms with van der Waals surface area (Å²) in [5.41, 5.74) is 2.17. The number of nitrogens with zero attached hydrogens (tertiary/aromatic N) is 3. The highest BCUT2D eigenvalue weighted by atomic mass is 16.5. The molecule has 26 heavy (non-hydrogen) atoms. The second-order valence-corrected chi connectivity index (χ2v) is 7.65. The molecule has 6 heteroatoms. The minimum Gasteiger partial charge on any atom is -0.396 e. The molecule has 3 rings (SSSR count). The lowest BCUT2D eigenvalue weighted by atomic mass is 9.96. The molecular weight excluding hydrogens is 330 g/mol. The number of rotatable bonds is 6. The summed E-state index contributed by atoms with van der Waals surface area (Å²) in [5.74, 6) is 0.682. The van der Waals surface area contributed by atoms with E-state index in [0.29, 0.717) is 18.9 Å². The first-order valence-electron chi connectivity index (χ1n) is 9.52. The molecule has 0 aliphatic carbocycles. The molecule has 0 bridgehead atoms. The van der Waals surface area contributed by atoms with E-state index in [4.69, 9.17) is 4.74 Å². The second kappa shape index (κ2) is 8.84. The molecule has 2 atom stereocenters. The van der Waals surface area contributed by atoms with Gasteiger partial charge in [0.1, 0.15) is 0 Å². The fourth-order valence-electron chi connectivity index (χ4n) is 3.87.